The average molecular weight is 358 g/mol. The van der Waals surface area contributed by atoms with Crippen LogP contribution in [0.4, 0.5) is 0 Å². The molecule has 1 aromatic heterocycles. The van der Waals surface area contributed by atoms with Gasteiger partial charge in [-0.25, -0.2) is 0 Å². The monoisotopic (exact) mass is 358 g/mol. The fourth-order valence-electron chi connectivity index (χ4n) is 3.12. The second-order valence-corrected chi connectivity index (χ2v) is 6.74. The van der Waals surface area contributed by atoms with Crippen LogP contribution in [0.15, 0.2) is 28.8 Å². The van der Waals surface area contributed by atoms with Crippen molar-refractivity contribution in [3.05, 3.63) is 30.2 Å². The van der Waals surface area contributed by atoms with Crippen LogP contribution in [-0.2, 0) is 11.2 Å². The van der Waals surface area contributed by atoms with Crippen LogP contribution in [0.5, 0.6) is 5.75 Å². The Bertz CT molecular complexity index is 714. The number of amides is 1. The summed E-state index contributed by atoms with van der Waals surface area (Å²) < 4.78 is 10.4. The zero-order valence-corrected chi connectivity index (χ0v) is 15.3. The van der Waals surface area contributed by atoms with E-state index in [9.17, 15) is 4.79 Å². The molecule has 26 heavy (non-hydrogen) atoms. The van der Waals surface area contributed by atoms with Gasteiger partial charge in [-0.1, -0.05) is 12.1 Å². The van der Waals surface area contributed by atoms with E-state index in [-0.39, 0.29) is 11.9 Å². The van der Waals surface area contributed by atoms with E-state index in [0.29, 0.717) is 36.9 Å². The first-order valence-corrected chi connectivity index (χ1v) is 9.13. The highest BCUT2D eigenvalue weighted by Gasteiger charge is 2.22. The topological polar surface area (TPSA) is 89.3 Å². The summed E-state index contributed by atoms with van der Waals surface area (Å²) in [6.45, 7) is 4.09. The molecule has 1 amide bonds. The molecule has 1 aromatic carbocycles. The number of methoxy groups -OCH3 is 1. The van der Waals surface area contributed by atoms with Crippen molar-refractivity contribution in [2.45, 2.75) is 38.6 Å². The minimum atomic E-state index is 0.0960. The second-order valence-electron chi connectivity index (χ2n) is 6.74. The van der Waals surface area contributed by atoms with Crippen molar-refractivity contribution in [2.24, 2.45) is 5.92 Å². The van der Waals surface area contributed by atoms with Crippen LogP contribution in [0.1, 0.15) is 32.1 Å². The van der Waals surface area contributed by atoms with E-state index in [1.807, 2.05) is 24.3 Å². The Morgan fingerprint density at radius 1 is 1.38 bits per heavy atom. The predicted molar refractivity (Wildman–Crippen MR) is 97.8 cm³/mol. The van der Waals surface area contributed by atoms with Crippen molar-refractivity contribution < 1.29 is 14.1 Å². The van der Waals surface area contributed by atoms with Gasteiger partial charge in [-0.15, -0.1) is 0 Å². The van der Waals surface area contributed by atoms with E-state index in [4.69, 9.17) is 9.26 Å². The van der Waals surface area contributed by atoms with Crippen LogP contribution in [-0.4, -0.2) is 42.3 Å². The van der Waals surface area contributed by atoms with Crippen LogP contribution in [0.2, 0.25) is 0 Å². The molecule has 3 rings (SSSR count). The van der Waals surface area contributed by atoms with Crippen molar-refractivity contribution in [2.75, 3.05) is 20.2 Å². The lowest BCUT2D eigenvalue weighted by Gasteiger charge is -2.30. The molecule has 2 aromatic rings. The van der Waals surface area contributed by atoms with Crippen LogP contribution in [0.25, 0.3) is 11.4 Å². The molecule has 0 bridgehead atoms. The minimum absolute atomic E-state index is 0.0960. The van der Waals surface area contributed by atoms with Gasteiger partial charge in [0.1, 0.15) is 5.75 Å². The zero-order chi connectivity index (χ0) is 18.4. The van der Waals surface area contributed by atoms with E-state index in [0.717, 1.165) is 30.8 Å². The summed E-state index contributed by atoms with van der Waals surface area (Å²) in [5.41, 5.74) is 0.874. The van der Waals surface area contributed by atoms with Crippen LogP contribution in [0.3, 0.4) is 0 Å². The highest BCUT2D eigenvalue weighted by molar-refractivity contribution is 5.76. The lowest BCUT2D eigenvalue weighted by atomic mass is 9.95. The number of aryl methyl sites for hydroxylation is 1. The molecule has 1 aliphatic rings. The first-order chi connectivity index (χ1) is 12.7. The summed E-state index contributed by atoms with van der Waals surface area (Å²) in [7, 11) is 1.63. The fraction of sp³-hybridized carbons (Fsp3) is 0.526. The molecule has 140 valence electrons. The Kier molecular flexibility index (Phi) is 6.22. The van der Waals surface area contributed by atoms with Crippen LogP contribution >= 0.6 is 0 Å². The summed E-state index contributed by atoms with van der Waals surface area (Å²) in [5.74, 6) is 2.45. The van der Waals surface area contributed by atoms with Crippen LogP contribution in [0, 0.1) is 5.92 Å². The molecule has 1 fully saturated rings. The Morgan fingerprint density at radius 3 is 2.92 bits per heavy atom. The third-order valence-electron chi connectivity index (χ3n) is 4.74. The van der Waals surface area contributed by atoms with Crippen molar-refractivity contribution in [1.29, 1.82) is 0 Å². The number of carbonyl (C=O) groups is 1. The van der Waals surface area contributed by atoms with E-state index in [1.54, 1.807) is 7.11 Å². The fourth-order valence-corrected chi connectivity index (χ4v) is 3.12. The molecule has 7 nitrogen and oxygen atoms in total. The number of hydrogen-bond acceptors (Lipinski definition) is 6. The lowest BCUT2D eigenvalue weighted by molar-refractivity contribution is -0.122. The first-order valence-electron chi connectivity index (χ1n) is 9.13. The van der Waals surface area contributed by atoms with Crippen molar-refractivity contribution in [3.8, 4) is 17.1 Å². The number of benzene rings is 1. The van der Waals surface area contributed by atoms with Crippen molar-refractivity contribution >= 4 is 5.91 Å². The van der Waals surface area contributed by atoms with Crippen molar-refractivity contribution in [1.82, 2.24) is 20.8 Å². The summed E-state index contributed by atoms with van der Waals surface area (Å²) in [6.07, 6.45) is 2.74. The van der Waals surface area contributed by atoms with Gasteiger partial charge in [-0.3, -0.25) is 4.79 Å². The quantitative estimate of drug-likeness (QED) is 0.789. The maximum atomic E-state index is 12.1. The maximum Gasteiger partial charge on any atom is 0.226 e. The predicted octanol–water partition coefficient (Wildman–Crippen LogP) is 2.18. The second kappa shape index (κ2) is 8.80. The molecule has 0 saturated carbocycles. The van der Waals surface area contributed by atoms with E-state index in [1.165, 1.54) is 0 Å². The smallest absolute Gasteiger partial charge is 0.226 e. The van der Waals surface area contributed by atoms with E-state index in [2.05, 4.69) is 27.7 Å². The van der Waals surface area contributed by atoms with Crippen LogP contribution < -0.4 is 15.4 Å². The molecule has 0 aliphatic carbocycles. The standard InChI is InChI=1S/C19H26N4O3/c1-13-12-20-11-10-16(13)21-17(24)4-3-5-18-22-19(23-26-18)14-6-8-15(25-2)9-7-14/h6-9,13,16,20H,3-5,10-12H2,1-2H3,(H,21,24). The average Bonchev–Trinajstić information content (AvgIpc) is 3.12. The SMILES string of the molecule is COc1ccc(-c2noc(CCCC(=O)NC3CCNCC3C)n2)cc1. The summed E-state index contributed by atoms with van der Waals surface area (Å²) in [4.78, 5) is 16.5. The molecule has 2 N–H and O–H groups in total. The summed E-state index contributed by atoms with van der Waals surface area (Å²) in [6, 6.07) is 7.77. The van der Waals surface area contributed by atoms with Gasteiger partial charge in [-0.05, 0) is 56.1 Å². The number of nitrogens with zero attached hydrogens (tertiary/aromatic N) is 2. The third kappa shape index (κ3) is 4.82. The maximum absolute atomic E-state index is 12.1. The number of carbonyl (C=O) groups excluding carboxylic acids is 1. The molecule has 7 heteroatoms. The molecule has 0 radical (unpaired) electrons. The summed E-state index contributed by atoms with van der Waals surface area (Å²) >= 11 is 0. The van der Waals surface area contributed by atoms with E-state index < -0.39 is 0 Å². The highest BCUT2D eigenvalue weighted by Crippen LogP contribution is 2.20. The molecule has 1 aliphatic heterocycles. The third-order valence-corrected chi connectivity index (χ3v) is 4.74. The number of hydrogen-bond donors (Lipinski definition) is 2. The number of piperidine rings is 1. The Hall–Kier alpha value is -2.41. The summed E-state index contributed by atoms with van der Waals surface area (Å²) in [5, 5.41) is 10.5. The van der Waals surface area contributed by atoms with Crippen molar-refractivity contribution in [3.63, 3.8) is 0 Å². The van der Waals surface area contributed by atoms with Gasteiger partial charge >= 0.3 is 0 Å². The van der Waals surface area contributed by atoms with Gasteiger partial charge < -0.3 is 19.9 Å². The number of rotatable bonds is 7. The molecule has 2 heterocycles. The Labute approximate surface area is 153 Å². The van der Waals surface area contributed by atoms with Gasteiger partial charge in [-0.2, -0.15) is 4.98 Å². The first kappa shape index (κ1) is 18.4. The molecule has 2 atom stereocenters. The zero-order valence-electron chi connectivity index (χ0n) is 15.3. The molecule has 1 saturated heterocycles. The van der Waals surface area contributed by atoms with E-state index >= 15 is 0 Å². The van der Waals surface area contributed by atoms with Gasteiger partial charge in [0.05, 0.1) is 7.11 Å². The Balaban J connectivity index is 1.45. The lowest BCUT2D eigenvalue weighted by Crippen LogP contribution is -2.48. The number of ether oxygens (including phenoxy) is 1. The number of aromatic nitrogens is 2. The van der Waals surface area contributed by atoms with Gasteiger partial charge in [0.15, 0.2) is 0 Å². The largest absolute Gasteiger partial charge is 0.497 e. The van der Waals surface area contributed by atoms with Gasteiger partial charge in [0.2, 0.25) is 17.6 Å². The van der Waals surface area contributed by atoms with Gasteiger partial charge in [0.25, 0.3) is 0 Å². The number of nitrogens with one attached hydrogen (secondary N) is 2. The molecular formula is C19H26N4O3. The molecule has 2 unspecified atom stereocenters. The minimum Gasteiger partial charge on any atom is -0.497 e. The molecular weight excluding hydrogens is 332 g/mol. The highest BCUT2D eigenvalue weighted by atomic mass is 16.5. The van der Waals surface area contributed by atoms with Gasteiger partial charge in [0, 0.05) is 24.4 Å². The normalized spacial score (nSPS) is 19.9. The molecule has 0 spiro atoms. The Morgan fingerprint density at radius 2 is 2.19 bits per heavy atom.